The molecule has 0 radical (unpaired) electrons. The molecule has 1 aliphatic heterocycles. The van der Waals surface area contributed by atoms with E-state index in [4.69, 9.17) is 0 Å². The van der Waals surface area contributed by atoms with Crippen LogP contribution in [0.25, 0.3) is 5.65 Å². The van der Waals surface area contributed by atoms with Crippen LogP contribution in [0, 0.1) is 5.92 Å². The highest BCUT2D eigenvalue weighted by Crippen LogP contribution is 2.23. The molecule has 5 heteroatoms. The Morgan fingerprint density at radius 2 is 2.26 bits per heavy atom. The number of fused-ring (bicyclic) bond motifs is 1. The summed E-state index contributed by atoms with van der Waals surface area (Å²) in [6.07, 6.45) is 4.05. The van der Waals surface area contributed by atoms with E-state index in [1.807, 2.05) is 16.7 Å². The summed E-state index contributed by atoms with van der Waals surface area (Å²) >= 11 is 0. The van der Waals surface area contributed by atoms with Crippen LogP contribution >= 0.6 is 0 Å². The number of aromatic nitrogens is 3. The molecule has 3 rings (SSSR count). The van der Waals surface area contributed by atoms with E-state index in [1.165, 1.54) is 13.0 Å². The van der Waals surface area contributed by atoms with Crippen molar-refractivity contribution in [2.45, 2.75) is 32.7 Å². The number of pyridine rings is 1. The maximum atomic E-state index is 9.73. The van der Waals surface area contributed by atoms with Crippen molar-refractivity contribution in [1.82, 2.24) is 19.5 Å². The summed E-state index contributed by atoms with van der Waals surface area (Å²) in [6, 6.07) is 4.08. The highest BCUT2D eigenvalue weighted by atomic mass is 16.3. The van der Waals surface area contributed by atoms with Crippen molar-refractivity contribution in [1.29, 1.82) is 0 Å². The van der Waals surface area contributed by atoms with Gasteiger partial charge in [-0.1, -0.05) is 0 Å². The van der Waals surface area contributed by atoms with Crippen LogP contribution < -0.4 is 0 Å². The second-order valence-electron chi connectivity index (χ2n) is 5.65. The molecule has 19 heavy (non-hydrogen) atoms. The van der Waals surface area contributed by atoms with E-state index in [2.05, 4.69) is 28.9 Å². The summed E-state index contributed by atoms with van der Waals surface area (Å²) in [5.74, 6) is 1.77. The molecular formula is C14H20N4O. The van der Waals surface area contributed by atoms with E-state index >= 15 is 0 Å². The normalized spacial score (nSPS) is 20.7. The van der Waals surface area contributed by atoms with E-state index < -0.39 is 0 Å². The van der Waals surface area contributed by atoms with Gasteiger partial charge in [-0.25, -0.2) is 0 Å². The zero-order chi connectivity index (χ0) is 13.4. The number of rotatable bonds is 3. The fraction of sp³-hybridized carbons (Fsp3) is 0.571. The van der Waals surface area contributed by atoms with Crippen LogP contribution in [0.2, 0.25) is 0 Å². The Kier molecular flexibility index (Phi) is 3.14. The molecule has 1 saturated heterocycles. The quantitative estimate of drug-likeness (QED) is 0.912. The molecule has 102 valence electrons. The summed E-state index contributed by atoms with van der Waals surface area (Å²) in [5, 5.41) is 18.0. The third-order valence-electron chi connectivity index (χ3n) is 4.00. The molecule has 0 aromatic carbocycles. The number of nitrogens with zero attached hydrogens (tertiary/aromatic N) is 4. The summed E-state index contributed by atoms with van der Waals surface area (Å²) in [6.45, 7) is 6.79. The first-order valence-electron chi connectivity index (χ1n) is 6.91. The highest BCUT2D eigenvalue weighted by Gasteiger charge is 2.25. The molecule has 2 aromatic rings. The maximum absolute atomic E-state index is 9.73. The summed E-state index contributed by atoms with van der Waals surface area (Å²) in [7, 11) is 0. The minimum atomic E-state index is 0.191. The van der Waals surface area contributed by atoms with Crippen molar-refractivity contribution >= 4 is 5.65 Å². The second-order valence-corrected chi connectivity index (χ2v) is 5.65. The van der Waals surface area contributed by atoms with Crippen LogP contribution in [-0.2, 0) is 6.42 Å². The Morgan fingerprint density at radius 3 is 3.00 bits per heavy atom. The third-order valence-corrected chi connectivity index (χ3v) is 4.00. The molecule has 0 saturated carbocycles. The van der Waals surface area contributed by atoms with E-state index in [9.17, 15) is 5.11 Å². The molecule has 1 fully saturated rings. The van der Waals surface area contributed by atoms with Gasteiger partial charge in [-0.3, -0.25) is 4.40 Å². The average Bonchev–Trinajstić information content (AvgIpc) is 2.98. The maximum Gasteiger partial charge on any atom is 0.203 e. The van der Waals surface area contributed by atoms with E-state index in [0.29, 0.717) is 17.6 Å². The lowest BCUT2D eigenvalue weighted by atomic mass is 10.0. The molecule has 0 aliphatic carbocycles. The zero-order valence-corrected chi connectivity index (χ0v) is 11.5. The van der Waals surface area contributed by atoms with Crippen LogP contribution in [0.15, 0.2) is 18.3 Å². The van der Waals surface area contributed by atoms with Crippen LogP contribution in [-0.4, -0.2) is 43.7 Å². The second kappa shape index (κ2) is 4.81. The summed E-state index contributed by atoms with van der Waals surface area (Å²) in [4.78, 5) is 2.51. The molecule has 1 atom stereocenters. The monoisotopic (exact) mass is 260 g/mol. The minimum Gasteiger partial charge on any atom is -0.504 e. The van der Waals surface area contributed by atoms with Gasteiger partial charge < -0.3 is 10.0 Å². The predicted octanol–water partition coefficient (Wildman–Crippen LogP) is 1.71. The fourth-order valence-corrected chi connectivity index (χ4v) is 2.85. The van der Waals surface area contributed by atoms with Crippen molar-refractivity contribution in [3.63, 3.8) is 0 Å². The van der Waals surface area contributed by atoms with E-state index in [-0.39, 0.29) is 5.75 Å². The number of hydrogen-bond acceptors (Lipinski definition) is 4. The van der Waals surface area contributed by atoms with Gasteiger partial charge in [0.2, 0.25) is 5.65 Å². The van der Waals surface area contributed by atoms with Crippen molar-refractivity contribution in [3.8, 4) is 5.75 Å². The largest absolute Gasteiger partial charge is 0.504 e. The van der Waals surface area contributed by atoms with Gasteiger partial charge in [-0.2, -0.15) is 0 Å². The fourth-order valence-electron chi connectivity index (χ4n) is 2.85. The number of aromatic hydroxyl groups is 1. The first-order valence-corrected chi connectivity index (χ1v) is 6.91. The van der Waals surface area contributed by atoms with Crippen LogP contribution in [0.3, 0.4) is 0 Å². The van der Waals surface area contributed by atoms with Gasteiger partial charge in [0.25, 0.3) is 0 Å². The molecule has 0 spiro atoms. The average molecular weight is 260 g/mol. The zero-order valence-electron chi connectivity index (χ0n) is 11.5. The van der Waals surface area contributed by atoms with Gasteiger partial charge in [-0.05, 0) is 44.9 Å². The topological polar surface area (TPSA) is 53.7 Å². The first kappa shape index (κ1) is 12.4. The van der Waals surface area contributed by atoms with Gasteiger partial charge in [0.1, 0.15) is 5.82 Å². The van der Waals surface area contributed by atoms with Crippen LogP contribution in [0.1, 0.15) is 26.1 Å². The van der Waals surface area contributed by atoms with Crippen molar-refractivity contribution in [3.05, 3.63) is 24.2 Å². The lowest BCUT2D eigenvalue weighted by Crippen LogP contribution is -2.28. The lowest BCUT2D eigenvalue weighted by molar-refractivity contribution is 0.264. The summed E-state index contributed by atoms with van der Waals surface area (Å²) in [5.41, 5.74) is 0.552. The smallest absolute Gasteiger partial charge is 0.203 e. The lowest BCUT2D eigenvalue weighted by Gasteiger charge is -2.19. The third kappa shape index (κ3) is 2.30. The molecule has 2 aromatic heterocycles. The Balaban J connectivity index is 1.78. The van der Waals surface area contributed by atoms with Gasteiger partial charge in [0, 0.05) is 25.2 Å². The summed E-state index contributed by atoms with van der Waals surface area (Å²) < 4.78 is 1.90. The van der Waals surface area contributed by atoms with Crippen LogP contribution in [0.5, 0.6) is 5.75 Å². The Hall–Kier alpha value is -1.62. The Labute approximate surface area is 112 Å². The molecular weight excluding hydrogens is 240 g/mol. The first-order chi connectivity index (χ1) is 9.15. The molecule has 1 unspecified atom stereocenters. The van der Waals surface area contributed by atoms with E-state index in [1.54, 1.807) is 6.07 Å². The number of likely N-dealkylation sites (tertiary alicyclic amines) is 1. The molecule has 3 heterocycles. The minimum absolute atomic E-state index is 0.191. The highest BCUT2D eigenvalue weighted by molar-refractivity contribution is 5.51. The SMILES string of the molecule is CC(C)N1CCC(Cc2nnc3c(O)cccn23)C1. The predicted molar refractivity (Wildman–Crippen MR) is 73.2 cm³/mol. The van der Waals surface area contributed by atoms with E-state index in [0.717, 1.165) is 18.8 Å². The molecule has 5 nitrogen and oxygen atoms in total. The van der Waals surface area contributed by atoms with Gasteiger partial charge in [-0.15, -0.1) is 10.2 Å². The number of hydrogen-bond donors (Lipinski definition) is 1. The molecule has 0 amide bonds. The Morgan fingerprint density at radius 1 is 1.42 bits per heavy atom. The van der Waals surface area contributed by atoms with Crippen LogP contribution in [0.4, 0.5) is 0 Å². The van der Waals surface area contributed by atoms with Crippen molar-refractivity contribution in [2.24, 2.45) is 5.92 Å². The van der Waals surface area contributed by atoms with Gasteiger partial charge >= 0.3 is 0 Å². The van der Waals surface area contributed by atoms with Gasteiger partial charge in [0.15, 0.2) is 5.75 Å². The Bertz CT molecular complexity index is 578. The molecule has 0 bridgehead atoms. The molecule has 1 aliphatic rings. The van der Waals surface area contributed by atoms with Crippen molar-refractivity contribution in [2.75, 3.05) is 13.1 Å². The standard InChI is InChI=1S/C14H20N4O/c1-10(2)17-7-5-11(9-17)8-13-15-16-14-12(19)4-3-6-18(13)14/h3-4,6,10-11,19H,5,7-9H2,1-2H3. The van der Waals surface area contributed by atoms with Gasteiger partial charge in [0.05, 0.1) is 0 Å². The van der Waals surface area contributed by atoms with Crippen molar-refractivity contribution < 1.29 is 5.11 Å². The molecule has 1 N–H and O–H groups in total.